The van der Waals surface area contributed by atoms with Gasteiger partial charge in [-0.25, -0.2) is 9.97 Å². The molecule has 0 aliphatic carbocycles. The van der Waals surface area contributed by atoms with Gasteiger partial charge in [0.05, 0.1) is 17.4 Å². The normalized spacial score (nSPS) is 14.9. The summed E-state index contributed by atoms with van der Waals surface area (Å²) < 4.78 is 1.67. The van der Waals surface area contributed by atoms with Crippen molar-refractivity contribution in [3.8, 4) is 11.4 Å². The van der Waals surface area contributed by atoms with Crippen LogP contribution in [-0.4, -0.2) is 74.0 Å². The number of aromatic nitrogens is 6. The van der Waals surface area contributed by atoms with Crippen molar-refractivity contribution in [3.05, 3.63) is 54.6 Å². The second kappa shape index (κ2) is 8.91. The van der Waals surface area contributed by atoms with Gasteiger partial charge in [0, 0.05) is 62.3 Å². The lowest BCUT2D eigenvalue weighted by atomic mass is 10.1. The van der Waals surface area contributed by atoms with Gasteiger partial charge in [-0.15, -0.1) is 5.10 Å². The first kappa shape index (κ1) is 21.0. The first-order chi connectivity index (χ1) is 16.1. The zero-order valence-electron chi connectivity index (χ0n) is 18.6. The second-order valence-corrected chi connectivity index (χ2v) is 8.23. The smallest absolute Gasteiger partial charge is 0.256 e. The predicted octanol–water partition coefficient (Wildman–Crippen LogP) is 2.21. The maximum atomic E-state index is 12.5. The Labute approximate surface area is 191 Å². The molecule has 10 nitrogen and oxygen atoms in total. The SMILES string of the molecule is CN1CCCN(c2cc3cnc(NC(=O)c4ccncc4)cc3nc2-c2cn(C)nn2)CC1. The topological polar surface area (TPSA) is 105 Å². The molecule has 0 bridgehead atoms. The number of aryl methyl sites for hydroxylation is 1. The lowest BCUT2D eigenvalue weighted by Gasteiger charge is -2.25. The summed E-state index contributed by atoms with van der Waals surface area (Å²) in [5, 5.41) is 12.2. The highest BCUT2D eigenvalue weighted by Gasteiger charge is 2.20. The quantitative estimate of drug-likeness (QED) is 0.512. The van der Waals surface area contributed by atoms with E-state index in [-0.39, 0.29) is 5.91 Å². The van der Waals surface area contributed by atoms with Crippen LogP contribution in [0.3, 0.4) is 0 Å². The van der Waals surface area contributed by atoms with Crippen LogP contribution in [-0.2, 0) is 7.05 Å². The first-order valence-corrected chi connectivity index (χ1v) is 10.9. The number of nitrogens with one attached hydrogen (secondary N) is 1. The van der Waals surface area contributed by atoms with Gasteiger partial charge in [0.2, 0.25) is 0 Å². The standard InChI is InChI=1S/C23H25N9O/c1-30-8-3-9-32(11-10-30)20-12-17-14-25-21(27-23(33)16-4-6-24-7-5-16)13-18(17)26-22(20)19-15-31(2)29-28-19/h4-7,12-15H,3,8-11H2,1-2H3,(H,25,27,33). The Morgan fingerprint density at radius 2 is 1.91 bits per heavy atom. The Kier molecular flexibility index (Phi) is 5.66. The third kappa shape index (κ3) is 4.51. The van der Waals surface area contributed by atoms with Crippen LogP contribution in [0, 0.1) is 0 Å². The molecule has 0 aromatic carbocycles. The zero-order valence-corrected chi connectivity index (χ0v) is 18.6. The van der Waals surface area contributed by atoms with Crippen molar-refractivity contribution in [2.75, 3.05) is 43.4 Å². The van der Waals surface area contributed by atoms with Crippen LogP contribution in [0.4, 0.5) is 11.5 Å². The summed E-state index contributed by atoms with van der Waals surface area (Å²) in [6.45, 7) is 3.90. The molecule has 1 fully saturated rings. The van der Waals surface area contributed by atoms with Gasteiger partial charge in [-0.2, -0.15) is 0 Å². The lowest BCUT2D eigenvalue weighted by molar-refractivity contribution is 0.102. The van der Waals surface area contributed by atoms with Crippen molar-refractivity contribution in [1.82, 2.24) is 34.8 Å². The average molecular weight is 444 g/mol. The van der Waals surface area contributed by atoms with Crippen LogP contribution in [0.2, 0.25) is 0 Å². The van der Waals surface area contributed by atoms with Crippen molar-refractivity contribution in [2.24, 2.45) is 7.05 Å². The fourth-order valence-electron chi connectivity index (χ4n) is 3.99. The van der Waals surface area contributed by atoms with Gasteiger partial charge in [-0.05, 0) is 38.2 Å². The fourth-order valence-corrected chi connectivity index (χ4v) is 3.99. The summed E-state index contributed by atoms with van der Waals surface area (Å²) in [6, 6.07) is 7.21. The van der Waals surface area contributed by atoms with Crippen molar-refractivity contribution in [3.63, 3.8) is 0 Å². The highest BCUT2D eigenvalue weighted by atomic mass is 16.1. The lowest BCUT2D eigenvalue weighted by Crippen LogP contribution is -2.29. The largest absolute Gasteiger partial charge is 0.368 e. The number of anilines is 2. The zero-order chi connectivity index (χ0) is 22.8. The third-order valence-electron chi connectivity index (χ3n) is 5.77. The molecule has 4 aromatic rings. The molecule has 1 aliphatic heterocycles. The van der Waals surface area contributed by atoms with E-state index in [9.17, 15) is 4.79 Å². The molecule has 5 rings (SSSR count). The molecule has 0 atom stereocenters. The molecule has 0 saturated carbocycles. The minimum absolute atomic E-state index is 0.247. The Hall–Kier alpha value is -3.92. The number of amides is 1. The molecule has 1 saturated heterocycles. The molecule has 1 aliphatic rings. The molecule has 0 spiro atoms. The molecule has 0 unspecified atom stereocenters. The Balaban J connectivity index is 1.53. The molecule has 1 amide bonds. The number of carbonyl (C=O) groups excluding carboxylic acids is 1. The number of carbonyl (C=O) groups is 1. The number of likely N-dealkylation sites (N-methyl/N-ethyl adjacent to an activating group) is 1. The summed E-state index contributed by atoms with van der Waals surface area (Å²) in [7, 11) is 3.99. The van der Waals surface area contributed by atoms with Crippen LogP contribution in [0.5, 0.6) is 0 Å². The van der Waals surface area contributed by atoms with Gasteiger partial charge in [0.15, 0.2) is 0 Å². The molecular weight excluding hydrogens is 418 g/mol. The van der Waals surface area contributed by atoms with Crippen LogP contribution >= 0.6 is 0 Å². The molecule has 4 aromatic heterocycles. The highest BCUT2D eigenvalue weighted by molar-refractivity contribution is 6.04. The summed E-state index contributed by atoms with van der Waals surface area (Å²) in [5.74, 6) is 0.190. The summed E-state index contributed by atoms with van der Waals surface area (Å²) in [5.41, 5.74) is 3.76. The first-order valence-electron chi connectivity index (χ1n) is 10.9. The molecule has 10 heteroatoms. The molecule has 5 heterocycles. The number of nitrogens with zero attached hydrogens (tertiary/aromatic N) is 8. The van der Waals surface area contributed by atoms with Gasteiger partial charge < -0.3 is 15.1 Å². The highest BCUT2D eigenvalue weighted by Crippen LogP contribution is 2.32. The maximum absolute atomic E-state index is 12.5. The van der Waals surface area contributed by atoms with E-state index in [1.807, 2.05) is 13.2 Å². The van der Waals surface area contributed by atoms with E-state index in [0.717, 1.165) is 54.9 Å². The summed E-state index contributed by atoms with van der Waals surface area (Å²) in [4.78, 5) is 30.6. The Bertz CT molecular complexity index is 1290. The average Bonchev–Trinajstić information content (AvgIpc) is 3.15. The van der Waals surface area contributed by atoms with Crippen molar-refractivity contribution < 1.29 is 4.79 Å². The summed E-state index contributed by atoms with van der Waals surface area (Å²) in [6.07, 6.45) is 7.86. The fraction of sp³-hybridized carbons (Fsp3) is 0.304. The van der Waals surface area contributed by atoms with Crippen LogP contribution < -0.4 is 10.2 Å². The van der Waals surface area contributed by atoms with E-state index in [1.54, 1.807) is 41.5 Å². The van der Waals surface area contributed by atoms with E-state index in [1.165, 1.54) is 0 Å². The van der Waals surface area contributed by atoms with Crippen LogP contribution in [0.15, 0.2) is 49.1 Å². The van der Waals surface area contributed by atoms with E-state index < -0.39 is 0 Å². The molecular formula is C23H25N9O. The van der Waals surface area contributed by atoms with E-state index >= 15 is 0 Å². The number of fused-ring (bicyclic) bond motifs is 1. The number of rotatable bonds is 4. The molecule has 1 N–H and O–H groups in total. The van der Waals surface area contributed by atoms with E-state index in [2.05, 4.69) is 48.5 Å². The van der Waals surface area contributed by atoms with E-state index in [4.69, 9.17) is 4.98 Å². The van der Waals surface area contributed by atoms with E-state index in [0.29, 0.717) is 17.1 Å². The van der Waals surface area contributed by atoms with Gasteiger partial charge in [-0.3, -0.25) is 14.5 Å². The number of hydrogen-bond acceptors (Lipinski definition) is 8. The Morgan fingerprint density at radius 3 is 2.70 bits per heavy atom. The minimum atomic E-state index is -0.247. The minimum Gasteiger partial charge on any atom is -0.368 e. The monoisotopic (exact) mass is 443 g/mol. The molecule has 168 valence electrons. The summed E-state index contributed by atoms with van der Waals surface area (Å²) >= 11 is 0. The number of hydrogen-bond donors (Lipinski definition) is 1. The predicted molar refractivity (Wildman–Crippen MR) is 126 cm³/mol. The van der Waals surface area contributed by atoms with Gasteiger partial charge in [-0.1, -0.05) is 5.21 Å². The maximum Gasteiger partial charge on any atom is 0.256 e. The third-order valence-corrected chi connectivity index (χ3v) is 5.77. The van der Waals surface area contributed by atoms with Gasteiger partial charge in [0.1, 0.15) is 17.2 Å². The van der Waals surface area contributed by atoms with Gasteiger partial charge >= 0.3 is 0 Å². The van der Waals surface area contributed by atoms with Crippen molar-refractivity contribution >= 4 is 28.3 Å². The molecule has 33 heavy (non-hydrogen) atoms. The second-order valence-electron chi connectivity index (χ2n) is 8.23. The van der Waals surface area contributed by atoms with Crippen LogP contribution in [0.25, 0.3) is 22.3 Å². The van der Waals surface area contributed by atoms with Crippen molar-refractivity contribution in [1.29, 1.82) is 0 Å². The number of pyridine rings is 3. The molecule has 0 radical (unpaired) electrons. The van der Waals surface area contributed by atoms with Crippen LogP contribution in [0.1, 0.15) is 16.8 Å². The van der Waals surface area contributed by atoms with Gasteiger partial charge in [0.25, 0.3) is 5.91 Å². The van der Waals surface area contributed by atoms with Crippen molar-refractivity contribution in [2.45, 2.75) is 6.42 Å². The Morgan fingerprint density at radius 1 is 1.06 bits per heavy atom.